The van der Waals surface area contributed by atoms with Gasteiger partial charge in [0.25, 0.3) is 5.91 Å². The molecular weight excluding hydrogens is 286 g/mol. The third kappa shape index (κ3) is 2.98. The molecule has 4 bridgehead atoms. The van der Waals surface area contributed by atoms with Crippen LogP contribution in [0.3, 0.4) is 0 Å². The molecule has 4 saturated carbocycles. The van der Waals surface area contributed by atoms with Gasteiger partial charge < -0.3 is 10.1 Å². The quantitative estimate of drug-likeness (QED) is 0.898. The molecule has 3 heteroatoms. The average molecular weight is 313 g/mol. The number of nitrogens with one attached hydrogen (secondary N) is 1. The van der Waals surface area contributed by atoms with E-state index in [0.29, 0.717) is 5.41 Å². The Labute approximate surface area is 138 Å². The van der Waals surface area contributed by atoms with Gasteiger partial charge in [0.1, 0.15) is 5.75 Å². The Morgan fingerprint density at radius 3 is 2.26 bits per heavy atom. The molecule has 0 saturated heterocycles. The molecule has 4 aliphatic rings. The summed E-state index contributed by atoms with van der Waals surface area (Å²) in [6, 6.07) is 9.83. The maximum Gasteiger partial charge on any atom is 0.258 e. The smallest absolute Gasteiger partial charge is 0.258 e. The predicted octanol–water partition coefficient (Wildman–Crippen LogP) is 3.79. The van der Waals surface area contributed by atoms with Crippen molar-refractivity contribution in [3.8, 4) is 5.75 Å². The highest BCUT2D eigenvalue weighted by Gasteiger charge is 2.53. The third-order valence-corrected chi connectivity index (χ3v) is 6.49. The summed E-state index contributed by atoms with van der Waals surface area (Å²) >= 11 is 0. The van der Waals surface area contributed by atoms with Crippen molar-refractivity contribution >= 4 is 5.91 Å². The fraction of sp³-hybridized carbons (Fsp3) is 0.650. The van der Waals surface area contributed by atoms with E-state index >= 15 is 0 Å². The van der Waals surface area contributed by atoms with Gasteiger partial charge >= 0.3 is 0 Å². The normalized spacial score (nSPS) is 35.8. The molecule has 124 valence electrons. The van der Waals surface area contributed by atoms with Crippen molar-refractivity contribution in [3.05, 3.63) is 30.3 Å². The van der Waals surface area contributed by atoms with Crippen LogP contribution in [0.15, 0.2) is 30.3 Å². The molecule has 0 aromatic heterocycles. The first kappa shape index (κ1) is 15.0. The number of carbonyl (C=O) groups excluding carboxylic acids is 1. The maximum atomic E-state index is 12.3. The lowest BCUT2D eigenvalue weighted by Gasteiger charge is -2.59. The van der Waals surface area contributed by atoms with Crippen LogP contribution in [-0.4, -0.2) is 18.6 Å². The van der Waals surface area contributed by atoms with Gasteiger partial charge in [-0.15, -0.1) is 0 Å². The monoisotopic (exact) mass is 313 g/mol. The highest BCUT2D eigenvalue weighted by Crippen LogP contribution is 2.61. The minimum absolute atomic E-state index is 0.0112. The van der Waals surface area contributed by atoms with Gasteiger partial charge in [-0.2, -0.15) is 0 Å². The lowest BCUT2D eigenvalue weighted by Crippen LogP contribution is -2.56. The highest BCUT2D eigenvalue weighted by molar-refractivity contribution is 5.77. The van der Waals surface area contributed by atoms with Crippen molar-refractivity contribution in [1.29, 1.82) is 0 Å². The fourth-order valence-electron chi connectivity index (χ4n) is 5.81. The summed E-state index contributed by atoms with van der Waals surface area (Å²) in [5.41, 5.74) is 0.358. The molecule has 5 rings (SSSR count). The standard InChI is InChI=1S/C20H27NO2/c1-14(21-19(22)13-23-18-5-3-2-4-6-18)20-10-15-7-16(11-20)9-17(8-15)12-20/h2-6,14-17H,7-13H2,1H3,(H,21,22)/t14-,15?,16?,17?,20?/m0/s1. The molecule has 0 spiro atoms. The minimum atomic E-state index is 0.0112. The fourth-order valence-corrected chi connectivity index (χ4v) is 5.81. The summed E-state index contributed by atoms with van der Waals surface area (Å²) in [6.45, 7) is 2.33. The van der Waals surface area contributed by atoms with E-state index < -0.39 is 0 Å². The van der Waals surface area contributed by atoms with Crippen molar-refractivity contribution in [2.75, 3.05) is 6.61 Å². The first-order valence-corrected chi connectivity index (χ1v) is 9.10. The molecule has 1 amide bonds. The molecule has 0 heterocycles. The van der Waals surface area contributed by atoms with Crippen LogP contribution >= 0.6 is 0 Å². The van der Waals surface area contributed by atoms with Gasteiger partial charge in [-0.1, -0.05) is 18.2 Å². The van der Waals surface area contributed by atoms with Crippen LogP contribution in [0.2, 0.25) is 0 Å². The van der Waals surface area contributed by atoms with E-state index in [2.05, 4.69) is 12.2 Å². The van der Waals surface area contributed by atoms with E-state index in [1.165, 1.54) is 38.5 Å². The van der Waals surface area contributed by atoms with Gasteiger partial charge in [0, 0.05) is 6.04 Å². The van der Waals surface area contributed by atoms with E-state index in [-0.39, 0.29) is 18.6 Å². The van der Waals surface area contributed by atoms with Crippen molar-refractivity contribution in [2.45, 2.75) is 51.5 Å². The Morgan fingerprint density at radius 2 is 1.70 bits per heavy atom. The molecule has 23 heavy (non-hydrogen) atoms. The Bertz CT molecular complexity index is 533. The van der Waals surface area contributed by atoms with Gasteiger partial charge in [-0.05, 0) is 80.8 Å². The van der Waals surface area contributed by atoms with Crippen LogP contribution in [0.25, 0.3) is 0 Å². The lowest BCUT2D eigenvalue weighted by molar-refractivity contribution is -0.127. The SMILES string of the molecule is C[C@H](NC(=O)COc1ccccc1)C12CC3CC(CC(C3)C1)C2. The molecule has 3 nitrogen and oxygen atoms in total. The molecule has 1 N–H and O–H groups in total. The number of carbonyl (C=O) groups is 1. The summed E-state index contributed by atoms with van der Waals surface area (Å²) in [6.07, 6.45) is 8.28. The number of benzene rings is 1. The second-order valence-corrected chi connectivity index (χ2v) is 8.17. The van der Waals surface area contributed by atoms with Crippen LogP contribution in [0.1, 0.15) is 45.4 Å². The zero-order valence-electron chi connectivity index (χ0n) is 14.0. The minimum Gasteiger partial charge on any atom is -0.484 e. The second-order valence-electron chi connectivity index (χ2n) is 8.17. The molecular formula is C20H27NO2. The number of hydrogen-bond donors (Lipinski definition) is 1. The molecule has 4 fully saturated rings. The molecule has 0 unspecified atom stereocenters. The van der Waals surface area contributed by atoms with Crippen molar-refractivity contribution in [1.82, 2.24) is 5.32 Å². The zero-order chi connectivity index (χ0) is 15.9. The Morgan fingerprint density at radius 1 is 1.13 bits per heavy atom. The molecule has 0 aliphatic heterocycles. The first-order valence-electron chi connectivity index (χ1n) is 9.10. The number of hydrogen-bond acceptors (Lipinski definition) is 2. The summed E-state index contributed by atoms with van der Waals surface area (Å²) in [4.78, 5) is 12.3. The van der Waals surface area contributed by atoms with Gasteiger partial charge in [-0.25, -0.2) is 0 Å². The number of amides is 1. The molecule has 1 aromatic rings. The predicted molar refractivity (Wildman–Crippen MR) is 90.1 cm³/mol. The highest BCUT2D eigenvalue weighted by atomic mass is 16.5. The van der Waals surface area contributed by atoms with E-state index in [9.17, 15) is 4.79 Å². The van der Waals surface area contributed by atoms with E-state index in [0.717, 1.165) is 23.5 Å². The average Bonchev–Trinajstić information content (AvgIpc) is 2.52. The Hall–Kier alpha value is -1.51. The topological polar surface area (TPSA) is 38.3 Å². The van der Waals surface area contributed by atoms with E-state index in [1.807, 2.05) is 30.3 Å². The maximum absolute atomic E-state index is 12.3. The van der Waals surface area contributed by atoms with Crippen molar-refractivity contribution < 1.29 is 9.53 Å². The van der Waals surface area contributed by atoms with Gasteiger partial charge in [0.2, 0.25) is 0 Å². The Kier molecular flexibility index (Phi) is 3.82. The third-order valence-electron chi connectivity index (χ3n) is 6.49. The molecule has 4 aliphatic carbocycles. The van der Waals surface area contributed by atoms with E-state index in [1.54, 1.807) is 0 Å². The van der Waals surface area contributed by atoms with Crippen LogP contribution in [0.4, 0.5) is 0 Å². The van der Waals surface area contributed by atoms with Crippen molar-refractivity contribution in [2.24, 2.45) is 23.2 Å². The van der Waals surface area contributed by atoms with Gasteiger partial charge in [0.15, 0.2) is 6.61 Å². The zero-order valence-corrected chi connectivity index (χ0v) is 14.0. The largest absolute Gasteiger partial charge is 0.484 e. The number of para-hydroxylation sites is 1. The van der Waals surface area contributed by atoms with Crippen molar-refractivity contribution in [3.63, 3.8) is 0 Å². The second kappa shape index (κ2) is 5.85. The van der Waals surface area contributed by atoms with Crippen LogP contribution in [0.5, 0.6) is 5.75 Å². The van der Waals surface area contributed by atoms with Gasteiger partial charge in [0.05, 0.1) is 0 Å². The summed E-state index contributed by atoms with van der Waals surface area (Å²) in [5.74, 6) is 3.52. The number of rotatable bonds is 5. The number of ether oxygens (including phenoxy) is 1. The van der Waals surface area contributed by atoms with Crippen LogP contribution < -0.4 is 10.1 Å². The summed E-state index contributed by atoms with van der Waals surface area (Å²) in [5, 5.41) is 3.24. The lowest BCUT2D eigenvalue weighted by atomic mass is 9.48. The van der Waals surface area contributed by atoms with Gasteiger partial charge in [-0.3, -0.25) is 4.79 Å². The summed E-state index contributed by atoms with van der Waals surface area (Å²) < 4.78 is 5.58. The van der Waals surface area contributed by atoms with Crippen LogP contribution in [-0.2, 0) is 4.79 Å². The summed E-state index contributed by atoms with van der Waals surface area (Å²) in [7, 11) is 0. The first-order chi connectivity index (χ1) is 11.1. The molecule has 0 radical (unpaired) electrons. The molecule has 1 aromatic carbocycles. The van der Waals surface area contributed by atoms with E-state index in [4.69, 9.17) is 4.74 Å². The molecule has 1 atom stereocenters. The van der Waals surface area contributed by atoms with Crippen LogP contribution in [0, 0.1) is 23.2 Å². The Balaban J connectivity index is 1.34.